The Labute approximate surface area is 113 Å². The molecular formula is C13H10N2O5. The number of carboxylic acid groups (broad SMARTS) is 1. The van der Waals surface area contributed by atoms with Gasteiger partial charge in [-0.05, 0) is 19.1 Å². The molecule has 0 fully saturated rings. The van der Waals surface area contributed by atoms with Crippen LogP contribution in [0.3, 0.4) is 0 Å². The molecule has 0 aliphatic heterocycles. The maximum Gasteiger partial charge on any atom is 0.337 e. The molecule has 0 unspecified atom stereocenters. The van der Waals surface area contributed by atoms with Crippen LogP contribution < -0.4 is 4.74 Å². The van der Waals surface area contributed by atoms with Crippen LogP contribution in [-0.4, -0.2) is 21.0 Å². The molecule has 0 aliphatic carbocycles. The minimum atomic E-state index is -1.08. The third-order valence-corrected chi connectivity index (χ3v) is 2.52. The van der Waals surface area contributed by atoms with Gasteiger partial charge in [0.2, 0.25) is 5.88 Å². The van der Waals surface area contributed by atoms with Crippen molar-refractivity contribution in [2.24, 2.45) is 0 Å². The Morgan fingerprint density at radius 2 is 2.15 bits per heavy atom. The van der Waals surface area contributed by atoms with Crippen molar-refractivity contribution < 1.29 is 19.6 Å². The zero-order chi connectivity index (χ0) is 14.7. The van der Waals surface area contributed by atoms with Crippen LogP contribution in [0.4, 0.5) is 5.69 Å². The molecule has 102 valence electrons. The predicted molar refractivity (Wildman–Crippen MR) is 69.1 cm³/mol. The smallest absolute Gasteiger partial charge is 0.337 e. The molecule has 0 saturated heterocycles. The lowest BCUT2D eigenvalue weighted by atomic mass is 10.2. The van der Waals surface area contributed by atoms with E-state index < -0.39 is 10.9 Å². The monoisotopic (exact) mass is 274 g/mol. The number of aromatic carboxylic acids is 1. The summed E-state index contributed by atoms with van der Waals surface area (Å²) >= 11 is 0. The number of nitrogens with zero attached hydrogens (tertiary/aromatic N) is 2. The lowest BCUT2D eigenvalue weighted by Gasteiger charge is -2.07. The summed E-state index contributed by atoms with van der Waals surface area (Å²) in [7, 11) is 0. The highest BCUT2D eigenvalue weighted by Gasteiger charge is 2.11. The Morgan fingerprint density at radius 1 is 1.40 bits per heavy atom. The number of pyridine rings is 1. The highest BCUT2D eigenvalue weighted by molar-refractivity contribution is 5.87. The van der Waals surface area contributed by atoms with Gasteiger partial charge in [-0.15, -0.1) is 0 Å². The highest BCUT2D eigenvalue weighted by Crippen LogP contribution is 2.26. The van der Waals surface area contributed by atoms with Crippen molar-refractivity contribution in [3.8, 4) is 11.6 Å². The number of rotatable bonds is 4. The zero-order valence-corrected chi connectivity index (χ0v) is 10.4. The van der Waals surface area contributed by atoms with Crippen LogP contribution in [0.2, 0.25) is 0 Å². The topological polar surface area (TPSA) is 103 Å². The summed E-state index contributed by atoms with van der Waals surface area (Å²) in [4.78, 5) is 24.8. The fourth-order valence-corrected chi connectivity index (χ4v) is 1.56. The van der Waals surface area contributed by atoms with Crippen molar-refractivity contribution in [3.63, 3.8) is 0 Å². The third-order valence-electron chi connectivity index (χ3n) is 2.52. The largest absolute Gasteiger partial charge is 0.478 e. The number of aromatic nitrogens is 1. The Hall–Kier alpha value is -2.96. The molecule has 1 heterocycles. The Balaban J connectivity index is 2.28. The second-order valence-electron chi connectivity index (χ2n) is 4.01. The van der Waals surface area contributed by atoms with Crippen molar-refractivity contribution in [3.05, 3.63) is 57.8 Å². The molecule has 0 bridgehead atoms. The van der Waals surface area contributed by atoms with Gasteiger partial charge in [-0.1, -0.05) is 6.07 Å². The Kier molecular flexibility index (Phi) is 3.60. The average molecular weight is 274 g/mol. The van der Waals surface area contributed by atoms with Crippen molar-refractivity contribution in [1.82, 2.24) is 4.98 Å². The molecule has 0 aliphatic rings. The molecule has 1 aromatic heterocycles. The number of non-ortho nitro benzene ring substituents is 1. The molecule has 0 saturated carbocycles. The van der Waals surface area contributed by atoms with E-state index >= 15 is 0 Å². The molecular weight excluding hydrogens is 264 g/mol. The molecule has 0 radical (unpaired) electrons. The van der Waals surface area contributed by atoms with Gasteiger partial charge in [-0.25, -0.2) is 9.78 Å². The number of hydrogen-bond acceptors (Lipinski definition) is 5. The van der Waals surface area contributed by atoms with Gasteiger partial charge in [0, 0.05) is 17.8 Å². The molecule has 0 atom stereocenters. The van der Waals surface area contributed by atoms with E-state index in [1.165, 1.54) is 30.5 Å². The maximum absolute atomic E-state index is 10.8. The number of hydrogen-bond donors (Lipinski definition) is 1. The van der Waals surface area contributed by atoms with Crippen molar-refractivity contribution in [2.75, 3.05) is 0 Å². The summed E-state index contributed by atoms with van der Waals surface area (Å²) in [5.41, 5.74) is 0.479. The molecule has 7 heteroatoms. The van der Waals surface area contributed by atoms with Crippen molar-refractivity contribution in [2.45, 2.75) is 6.92 Å². The van der Waals surface area contributed by atoms with Crippen LogP contribution in [0.5, 0.6) is 11.6 Å². The first kappa shape index (κ1) is 13.5. The normalized spacial score (nSPS) is 10.1. The first-order valence-electron chi connectivity index (χ1n) is 5.59. The Morgan fingerprint density at radius 3 is 2.75 bits per heavy atom. The van der Waals surface area contributed by atoms with E-state index in [0.717, 1.165) is 0 Å². The van der Waals surface area contributed by atoms with Gasteiger partial charge >= 0.3 is 5.97 Å². The maximum atomic E-state index is 10.8. The van der Waals surface area contributed by atoms with E-state index in [4.69, 9.17) is 9.84 Å². The summed E-state index contributed by atoms with van der Waals surface area (Å²) < 4.78 is 5.43. The van der Waals surface area contributed by atoms with E-state index in [1.807, 2.05) is 0 Å². The molecule has 0 amide bonds. The van der Waals surface area contributed by atoms with Crippen molar-refractivity contribution in [1.29, 1.82) is 0 Å². The van der Waals surface area contributed by atoms with Crippen LogP contribution in [0.25, 0.3) is 0 Å². The molecule has 2 aromatic rings. The predicted octanol–water partition coefficient (Wildman–Crippen LogP) is 2.79. The van der Waals surface area contributed by atoms with Gasteiger partial charge < -0.3 is 9.84 Å². The van der Waals surface area contributed by atoms with E-state index in [-0.39, 0.29) is 22.9 Å². The molecule has 7 nitrogen and oxygen atoms in total. The molecule has 20 heavy (non-hydrogen) atoms. The second-order valence-corrected chi connectivity index (χ2v) is 4.01. The fourth-order valence-electron chi connectivity index (χ4n) is 1.56. The standard InChI is InChI=1S/C13H10N2O5/c1-8-5-9(13(16)17)7-14-12(8)20-11-4-2-3-10(6-11)15(18)19/h2-7H,1H3,(H,16,17). The number of aryl methyl sites for hydroxylation is 1. The first-order valence-corrected chi connectivity index (χ1v) is 5.59. The highest BCUT2D eigenvalue weighted by atomic mass is 16.6. The van der Waals surface area contributed by atoms with Gasteiger partial charge in [0.25, 0.3) is 5.69 Å². The number of benzene rings is 1. The van der Waals surface area contributed by atoms with Crippen LogP contribution in [0.15, 0.2) is 36.5 Å². The molecule has 2 rings (SSSR count). The summed E-state index contributed by atoms with van der Waals surface area (Å²) in [6, 6.07) is 7.09. The molecule has 0 spiro atoms. The summed E-state index contributed by atoms with van der Waals surface area (Å²) in [6.45, 7) is 1.64. The number of nitro benzene ring substituents is 1. The lowest BCUT2D eigenvalue weighted by molar-refractivity contribution is -0.384. The SMILES string of the molecule is Cc1cc(C(=O)O)cnc1Oc1cccc([N+](=O)[O-])c1. The number of nitro groups is 1. The molecule has 1 N–H and O–H groups in total. The Bertz CT molecular complexity index is 684. The zero-order valence-electron chi connectivity index (χ0n) is 10.4. The second kappa shape index (κ2) is 5.35. The quantitative estimate of drug-likeness (QED) is 0.679. The van der Waals surface area contributed by atoms with E-state index in [2.05, 4.69) is 4.98 Å². The minimum Gasteiger partial charge on any atom is -0.478 e. The first-order chi connectivity index (χ1) is 9.47. The number of carbonyl (C=O) groups is 1. The van der Waals surface area contributed by atoms with Crippen LogP contribution in [-0.2, 0) is 0 Å². The van der Waals surface area contributed by atoms with Gasteiger partial charge in [-0.2, -0.15) is 0 Å². The van der Waals surface area contributed by atoms with Gasteiger partial charge in [0.05, 0.1) is 16.6 Å². The fraction of sp³-hybridized carbons (Fsp3) is 0.0769. The van der Waals surface area contributed by atoms with Gasteiger partial charge in [0.15, 0.2) is 0 Å². The van der Waals surface area contributed by atoms with Crippen LogP contribution >= 0.6 is 0 Å². The van der Waals surface area contributed by atoms with E-state index in [0.29, 0.717) is 5.56 Å². The van der Waals surface area contributed by atoms with Gasteiger partial charge in [-0.3, -0.25) is 10.1 Å². The van der Waals surface area contributed by atoms with Crippen LogP contribution in [0.1, 0.15) is 15.9 Å². The van der Waals surface area contributed by atoms with E-state index in [1.54, 1.807) is 13.0 Å². The summed E-state index contributed by atoms with van der Waals surface area (Å²) in [5.74, 6) is -0.615. The number of carboxylic acids is 1. The number of ether oxygens (including phenoxy) is 1. The van der Waals surface area contributed by atoms with E-state index in [9.17, 15) is 14.9 Å². The minimum absolute atomic E-state index is 0.0499. The lowest BCUT2D eigenvalue weighted by Crippen LogP contribution is -2.00. The molecule has 1 aromatic carbocycles. The summed E-state index contributed by atoms with van der Waals surface area (Å²) in [6.07, 6.45) is 1.17. The van der Waals surface area contributed by atoms with Crippen molar-refractivity contribution >= 4 is 11.7 Å². The van der Waals surface area contributed by atoms with Crippen LogP contribution in [0, 0.1) is 17.0 Å². The average Bonchev–Trinajstić information content (AvgIpc) is 2.41. The third kappa shape index (κ3) is 2.89. The summed E-state index contributed by atoms with van der Waals surface area (Å²) in [5, 5.41) is 19.5. The van der Waals surface area contributed by atoms with Gasteiger partial charge in [0.1, 0.15) is 5.75 Å².